The molecule has 1 N–H and O–H groups in total. The van der Waals surface area contributed by atoms with Gasteiger partial charge in [0.2, 0.25) is 5.88 Å². The molecule has 1 aromatic heterocycles. The van der Waals surface area contributed by atoms with Gasteiger partial charge in [0.15, 0.2) is 0 Å². The van der Waals surface area contributed by atoms with Gasteiger partial charge >= 0.3 is 0 Å². The summed E-state index contributed by atoms with van der Waals surface area (Å²) in [6.45, 7) is 0.737. The SMILES string of the molecule is COc1ccc(OC[C@@H]2C[C@H]3C[C@H]3N2)cn1.Cl. The third-order valence-corrected chi connectivity index (χ3v) is 3.33. The quantitative estimate of drug-likeness (QED) is 0.890. The number of methoxy groups -OCH3 is 1. The van der Waals surface area contributed by atoms with E-state index in [1.54, 1.807) is 13.3 Å². The van der Waals surface area contributed by atoms with E-state index in [1.165, 1.54) is 12.8 Å². The number of aromatic nitrogens is 1. The van der Waals surface area contributed by atoms with Gasteiger partial charge in [-0.05, 0) is 24.8 Å². The molecular formula is C12H17ClN2O2. The third-order valence-electron chi connectivity index (χ3n) is 3.33. The van der Waals surface area contributed by atoms with Crippen molar-refractivity contribution >= 4 is 12.4 Å². The van der Waals surface area contributed by atoms with Gasteiger partial charge in [0.25, 0.3) is 0 Å². The first-order chi connectivity index (χ1) is 7.85. The number of piperidine rings is 1. The van der Waals surface area contributed by atoms with Crippen LogP contribution in [0.3, 0.4) is 0 Å². The van der Waals surface area contributed by atoms with Gasteiger partial charge in [0.05, 0.1) is 13.3 Å². The first kappa shape index (κ1) is 12.5. The van der Waals surface area contributed by atoms with Crippen LogP contribution in [0.15, 0.2) is 18.3 Å². The highest BCUT2D eigenvalue weighted by Gasteiger charge is 2.45. The highest BCUT2D eigenvalue weighted by atomic mass is 35.5. The third kappa shape index (κ3) is 2.82. The molecule has 4 nitrogen and oxygen atoms in total. The van der Waals surface area contributed by atoms with E-state index >= 15 is 0 Å². The number of ether oxygens (including phenoxy) is 2. The summed E-state index contributed by atoms with van der Waals surface area (Å²) in [5.74, 6) is 2.35. The molecule has 17 heavy (non-hydrogen) atoms. The average Bonchev–Trinajstić information content (AvgIpc) is 2.95. The van der Waals surface area contributed by atoms with Gasteiger partial charge in [-0.1, -0.05) is 0 Å². The standard InChI is InChI=1S/C12H16N2O2.ClH/c1-15-12-3-2-10(6-13-12)16-7-9-4-8-5-11(8)14-9;/h2-3,6,8-9,11,14H,4-5,7H2,1H3;1H/t8-,9-,11+;/m0./s1. The number of pyridine rings is 1. The summed E-state index contributed by atoms with van der Waals surface area (Å²) in [6, 6.07) is 5.00. The van der Waals surface area contributed by atoms with E-state index in [1.807, 2.05) is 12.1 Å². The van der Waals surface area contributed by atoms with Crippen LogP contribution in [0.4, 0.5) is 0 Å². The van der Waals surface area contributed by atoms with E-state index < -0.39 is 0 Å². The van der Waals surface area contributed by atoms with Crippen LogP contribution in [0.25, 0.3) is 0 Å². The first-order valence-corrected chi connectivity index (χ1v) is 5.74. The van der Waals surface area contributed by atoms with Gasteiger partial charge in [-0.3, -0.25) is 0 Å². The Morgan fingerprint density at radius 2 is 2.29 bits per heavy atom. The zero-order valence-electron chi connectivity index (χ0n) is 9.76. The molecule has 1 aromatic rings. The first-order valence-electron chi connectivity index (χ1n) is 5.74. The molecule has 94 valence electrons. The van der Waals surface area contributed by atoms with E-state index in [-0.39, 0.29) is 12.4 Å². The molecule has 3 rings (SSSR count). The minimum atomic E-state index is 0. The summed E-state index contributed by atoms with van der Waals surface area (Å²) < 4.78 is 10.7. The van der Waals surface area contributed by atoms with Crippen molar-refractivity contribution < 1.29 is 9.47 Å². The Balaban J connectivity index is 0.00000108. The van der Waals surface area contributed by atoms with Crippen molar-refractivity contribution in [3.8, 4) is 11.6 Å². The van der Waals surface area contributed by atoms with Crippen molar-refractivity contribution in [2.24, 2.45) is 5.92 Å². The van der Waals surface area contributed by atoms with Crippen molar-refractivity contribution in [1.29, 1.82) is 0 Å². The lowest BCUT2D eigenvalue weighted by Crippen LogP contribution is -2.31. The van der Waals surface area contributed by atoms with E-state index in [0.717, 1.165) is 24.3 Å². The fraction of sp³-hybridized carbons (Fsp3) is 0.583. The van der Waals surface area contributed by atoms with Crippen LogP contribution in [0.2, 0.25) is 0 Å². The Kier molecular flexibility index (Phi) is 3.74. The Bertz CT molecular complexity index is 361. The number of hydrogen-bond donors (Lipinski definition) is 1. The van der Waals surface area contributed by atoms with Crippen LogP contribution in [0, 0.1) is 5.92 Å². The summed E-state index contributed by atoms with van der Waals surface area (Å²) in [5, 5.41) is 3.55. The van der Waals surface area contributed by atoms with Crippen molar-refractivity contribution in [2.75, 3.05) is 13.7 Å². The average molecular weight is 257 g/mol. The molecule has 2 heterocycles. The highest BCUT2D eigenvalue weighted by molar-refractivity contribution is 5.85. The lowest BCUT2D eigenvalue weighted by atomic mass is 10.2. The van der Waals surface area contributed by atoms with E-state index in [4.69, 9.17) is 9.47 Å². The lowest BCUT2D eigenvalue weighted by Gasteiger charge is -2.14. The molecule has 5 heteroatoms. The molecule has 0 radical (unpaired) electrons. The van der Waals surface area contributed by atoms with Crippen LogP contribution < -0.4 is 14.8 Å². The van der Waals surface area contributed by atoms with Crippen LogP contribution in [0.5, 0.6) is 11.6 Å². The number of fused-ring (bicyclic) bond motifs is 1. The second kappa shape index (κ2) is 5.10. The zero-order valence-corrected chi connectivity index (χ0v) is 10.6. The fourth-order valence-electron chi connectivity index (χ4n) is 2.33. The second-order valence-corrected chi connectivity index (χ2v) is 4.55. The maximum atomic E-state index is 5.68. The molecule has 1 aliphatic heterocycles. The topological polar surface area (TPSA) is 43.4 Å². The smallest absolute Gasteiger partial charge is 0.213 e. The van der Waals surface area contributed by atoms with Gasteiger partial charge in [0, 0.05) is 18.2 Å². The van der Waals surface area contributed by atoms with Crippen LogP contribution >= 0.6 is 12.4 Å². The fourth-order valence-corrected chi connectivity index (χ4v) is 2.33. The van der Waals surface area contributed by atoms with Crippen molar-refractivity contribution in [3.05, 3.63) is 18.3 Å². The van der Waals surface area contributed by atoms with E-state index in [9.17, 15) is 0 Å². The van der Waals surface area contributed by atoms with Crippen molar-refractivity contribution in [2.45, 2.75) is 24.9 Å². The molecule has 0 amide bonds. The highest BCUT2D eigenvalue weighted by Crippen LogP contribution is 2.40. The second-order valence-electron chi connectivity index (χ2n) is 4.55. The maximum absolute atomic E-state index is 5.68. The van der Waals surface area contributed by atoms with Gasteiger partial charge < -0.3 is 14.8 Å². The molecule has 0 bridgehead atoms. The Morgan fingerprint density at radius 1 is 1.41 bits per heavy atom. The monoisotopic (exact) mass is 256 g/mol. The lowest BCUT2D eigenvalue weighted by molar-refractivity contribution is 0.266. The minimum absolute atomic E-state index is 0. The predicted octanol–water partition coefficient (Wildman–Crippen LogP) is 1.64. The van der Waals surface area contributed by atoms with E-state index in [2.05, 4.69) is 10.3 Å². The number of nitrogens with zero attached hydrogens (tertiary/aromatic N) is 1. The molecule has 1 saturated heterocycles. The molecule has 0 unspecified atom stereocenters. The number of nitrogens with one attached hydrogen (secondary N) is 1. The largest absolute Gasteiger partial charge is 0.490 e. The molecular weight excluding hydrogens is 240 g/mol. The molecule has 0 spiro atoms. The van der Waals surface area contributed by atoms with Crippen molar-refractivity contribution in [3.63, 3.8) is 0 Å². The minimum Gasteiger partial charge on any atom is -0.490 e. The maximum Gasteiger partial charge on any atom is 0.213 e. The van der Waals surface area contributed by atoms with Crippen LogP contribution in [-0.4, -0.2) is 30.8 Å². The predicted molar refractivity (Wildman–Crippen MR) is 67.0 cm³/mol. The number of hydrogen-bond acceptors (Lipinski definition) is 4. The van der Waals surface area contributed by atoms with Gasteiger partial charge in [-0.2, -0.15) is 0 Å². The van der Waals surface area contributed by atoms with Gasteiger partial charge in [-0.25, -0.2) is 4.98 Å². The Labute approximate surface area is 107 Å². The summed E-state index contributed by atoms with van der Waals surface area (Å²) in [6.07, 6.45) is 4.32. The molecule has 1 saturated carbocycles. The van der Waals surface area contributed by atoms with Crippen LogP contribution in [-0.2, 0) is 0 Å². The van der Waals surface area contributed by atoms with Gasteiger partial charge in [-0.15, -0.1) is 12.4 Å². The number of halogens is 1. The molecule has 1 aliphatic carbocycles. The molecule has 3 atom stereocenters. The Morgan fingerprint density at radius 3 is 2.88 bits per heavy atom. The zero-order chi connectivity index (χ0) is 11.0. The van der Waals surface area contributed by atoms with Crippen LogP contribution in [0.1, 0.15) is 12.8 Å². The molecule has 2 fully saturated rings. The molecule has 0 aromatic carbocycles. The normalized spacial score (nSPS) is 29.1. The summed E-state index contributed by atoms with van der Waals surface area (Å²) in [5.41, 5.74) is 0. The van der Waals surface area contributed by atoms with Gasteiger partial charge in [0.1, 0.15) is 12.4 Å². The summed E-state index contributed by atoms with van der Waals surface area (Å²) in [7, 11) is 1.61. The Hall–Kier alpha value is -1.00. The van der Waals surface area contributed by atoms with Crippen molar-refractivity contribution in [1.82, 2.24) is 10.3 Å². The number of rotatable bonds is 4. The summed E-state index contributed by atoms with van der Waals surface area (Å²) >= 11 is 0. The molecule has 2 aliphatic rings. The van der Waals surface area contributed by atoms with E-state index in [0.29, 0.717) is 11.9 Å². The summed E-state index contributed by atoms with van der Waals surface area (Å²) in [4.78, 5) is 4.10.